The Labute approximate surface area is 233 Å². The number of nitrogens with one attached hydrogen (secondary N) is 3. The lowest BCUT2D eigenvalue weighted by molar-refractivity contribution is -0.150. The Morgan fingerprint density at radius 2 is 1.95 bits per heavy atom. The first-order chi connectivity index (χ1) is 18.7. The van der Waals surface area contributed by atoms with Gasteiger partial charge in [0.15, 0.2) is 11.6 Å². The molecule has 13 heteroatoms. The maximum atomic E-state index is 13.3. The maximum absolute atomic E-state index is 13.3. The summed E-state index contributed by atoms with van der Waals surface area (Å²) >= 11 is 7.44. The van der Waals surface area contributed by atoms with Gasteiger partial charge in [-0.2, -0.15) is 0 Å². The number of nitrogens with zero attached hydrogens (tertiary/aromatic N) is 3. The monoisotopic (exact) mass is 572 g/mol. The van der Waals surface area contributed by atoms with E-state index in [2.05, 4.69) is 25.5 Å². The summed E-state index contributed by atoms with van der Waals surface area (Å²) < 4.78 is 4.87. The predicted octanol–water partition coefficient (Wildman–Crippen LogP) is 1.96. The standard InChI is InChI=1S/C26H29ClN6O5S/c1-14(34)38-13-23(35)33-8-6-18(29-24(36)20-10-15-9-16(27)3-4-17(15)28-20)21(11-33)30-25(37)26-31-19-5-7-32(2)12-22(19)39-26/h3-4,9-10,18,21,28H,5-8,11-13H2,1-2H3,(H,29,36)(H,30,37)/t18-,21+/m0/s1. The summed E-state index contributed by atoms with van der Waals surface area (Å²) in [6.45, 7) is 2.97. The van der Waals surface area contributed by atoms with Gasteiger partial charge in [-0.1, -0.05) is 11.6 Å². The summed E-state index contributed by atoms with van der Waals surface area (Å²) in [7, 11) is 2.03. The number of piperidine rings is 1. The molecular weight excluding hydrogens is 544 g/mol. The number of esters is 1. The molecule has 1 aromatic carbocycles. The van der Waals surface area contributed by atoms with Crippen molar-refractivity contribution in [1.29, 1.82) is 0 Å². The van der Waals surface area contributed by atoms with Crippen LogP contribution in [0, 0.1) is 0 Å². The van der Waals surface area contributed by atoms with Gasteiger partial charge in [0.05, 0.1) is 17.8 Å². The van der Waals surface area contributed by atoms with Crippen LogP contribution in [-0.4, -0.2) is 88.8 Å². The van der Waals surface area contributed by atoms with E-state index in [1.54, 1.807) is 24.3 Å². The molecule has 3 N–H and O–H groups in total. The number of likely N-dealkylation sites (tertiary alicyclic amines) is 1. The van der Waals surface area contributed by atoms with E-state index in [1.807, 2.05) is 7.05 Å². The number of rotatable bonds is 6. The molecule has 1 saturated heterocycles. The van der Waals surface area contributed by atoms with Crippen LogP contribution in [0.2, 0.25) is 5.02 Å². The molecule has 206 valence electrons. The fourth-order valence-corrected chi connectivity index (χ4v) is 6.15. The van der Waals surface area contributed by atoms with Gasteiger partial charge in [0.1, 0.15) is 5.69 Å². The van der Waals surface area contributed by atoms with Crippen LogP contribution in [0.4, 0.5) is 0 Å². The highest BCUT2D eigenvalue weighted by molar-refractivity contribution is 7.13. The Bertz CT molecular complexity index is 1440. The number of hydrogen-bond donors (Lipinski definition) is 3. The van der Waals surface area contributed by atoms with E-state index < -0.39 is 18.1 Å². The number of fused-ring (bicyclic) bond motifs is 2. The van der Waals surface area contributed by atoms with Crippen molar-refractivity contribution in [1.82, 2.24) is 30.4 Å². The Morgan fingerprint density at radius 3 is 2.74 bits per heavy atom. The van der Waals surface area contributed by atoms with Gasteiger partial charge in [-0.25, -0.2) is 4.98 Å². The Kier molecular flexibility index (Phi) is 7.87. The molecule has 4 heterocycles. The molecule has 0 aliphatic carbocycles. The molecule has 3 aromatic rings. The quantitative estimate of drug-likeness (QED) is 0.384. The summed E-state index contributed by atoms with van der Waals surface area (Å²) in [5.41, 5.74) is 2.08. The van der Waals surface area contributed by atoms with Crippen molar-refractivity contribution in [2.45, 2.75) is 38.4 Å². The highest BCUT2D eigenvalue weighted by atomic mass is 35.5. The number of halogens is 1. The first-order valence-electron chi connectivity index (χ1n) is 12.6. The van der Waals surface area contributed by atoms with Crippen LogP contribution in [0.1, 0.15) is 44.2 Å². The topological polar surface area (TPSA) is 137 Å². The minimum absolute atomic E-state index is 0.146. The van der Waals surface area contributed by atoms with E-state index >= 15 is 0 Å². The number of likely N-dealkylation sites (N-methyl/N-ethyl adjacent to an activating group) is 1. The van der Waals surface area contributed by atoms with Crippen LogP contribution in [0.25, 0.3) is 10.9 Å². The van der Waals surface area contributed by atoms with E-state index in [1.165, 1.54) is 23.2 Å². The Balaban J connectivity index is 1.32. The number of carbonyl (C=O) groups is 4. The first-order valence-corrected chi connectivity index (χ1v) is 13.8. The molecule has 2 aromatic heterocycles. The van der Waals surface area contributed by atoms with Gasteiger partial charge in [-0.05, 0) is 37.7 Å². The molecule has 39 heavy (non-hydrogen) atoms. The molecule has 0 bridgehead atoms. The Hall–Kier alpha value is -3.48. The number of carbonyl (C=O) groups excluding carboxylic acids is 4. The van der Waals surface area contributed by atoms with Crippen molar-refractivity contribution in [3.8, 4) is 0 Å². The van der Waals surface area contributed by atoms with E-state index in [0.29, 0.717) is 28.7 Å². The number of H-pyrrole nitrogens is 1. The molecule has 0 spiro atoms. The van der Waals surface area contributed by atoms with Crippen molar-refractivity contribution in [3.63, 3.8) is 0 Å². The third-order valence-electron chi connectivity index (χ3n) is 6.94. The van der Waals surface area contributed by atoms with Crippen LogP contribution in [0.3, 0.4) is 0 Å². The number of amides is 3. The fraction of sp³-hybridized carbons (Fsp3) is 0.423. The van der Waals surface area contributed by atoms with Gasteiger partial charge in [0.2, 0.25) is 0 Å². The molecule has 2 aliphatic rings. The largest absolute Gasteiger partial charge is 0.456 e. The minimum atomic E-state index is -0.584. The van der Waals surface area contributed by atoms with Crippen molar-refractivity contribution in [2.75, 3.05) is 33.3 Å². The highest BCUT2D eigenvalue weighted by Gasteiger charge is 2.35. The van der Waals surface area contributed by atoms with Crippen molar-refractivity contribution in [2.24, 2.45) is 0 Å². The number of aromatic nitrogens is 2. The maximum Gasteiger partial charge on any atom is 0.303 e. The molecule has 11 nitrogen and oxygen atoms in total. The molecule has 5 rings (SSSR count). The summed E-state index contributed by atoms with van der Waals surface area (Å²) in [4.78, 5) is 62.7. The zero-order valence-electron chi connectivity index (χ0n) is 21.6. The van der Waals surface area contributed by atoms with Crippen LogP contribution >= 0.6 is 22.9 Å². The van der Waals surface area contributed by atoms with Gasteiger partial charge in [0, 0.05) is 60.3 Å². The van der Waals surface area contributed by atoms with Crippen LogP contribution in [0.5, 0.6) is 0 Å². The number of benzene rings is 1. The molecule has 0 unspecified atom stereocenters. The van der Waals surface area contributed by atoms with Gasteiger partial charge in [0.25, 0.3) is 17.7 Å². The van der Waals surface area contributed by atoms with Crippen molar-refractivity contribution in [3.05, 3.63) is 50.6 Å². The predicted molar refractivity (Wildman–Crippen MR) is 146 cm³/mol. The normalized spacial score (nSPS) is 19.4. The van der Waals surface area contributed by atoms with Crippen LogP contribution < -0.4 is 10.6 Å². The number of ether oxygens (including phenoxy) is 1. The second-order valence-electron chi connectivity index (χ2n) is 9.86. The van der Waals surface area contributed by atoms with Gasteiger partial charge < -0.3 is 30.2 Å². The third-order valence-corrected chi connectivity index (χ3v) is 8.26. The lowest BCUT2D eigenvalue weighted by Gasteiger charge is -2.39. The second-order valence-corrected chi connectivity index (χ2v) is 11.4. The van der Waals surface area contributed by atoms with E-state index in [4.69, 9.17) is 16.3 Å². The molecule has 2 atom stereocenters. The Morgan fingerprint density at radius 1 is 1.15 bits per heavy atom. The summed E-state index contributed by atoms with van der Waals surface area (Å²) in [5, 5.41) is 7.75. The van der Waals surface area contributed by atoms with Crippen LogP contribution in [0.15, 0.2) is 24.3 Å². The van der Waals surface area contributed by atoms with Gasteiger partial charge in [-0.3, -0.25) is 19.2 Å². The smallest absolute Gasteiger partial charge is 0.303 e. The summed E-state index contributed by atoms with van der Waals surface area (Å²) in [6.07, 6.45) is 1.18. The van der Waals surface area contributed by atoms with Gasteiger partial charge >= 0.3 is 5.97 Å². The zero-order valence-corrected chi connectivity index (χ0v) is 23.2. The average Bonchev–Trinajstić information content (AvgIpc) is 3.52. The van der Waals surface area contributed by atoms with Crippen LogP contribution in [-0.2, 0) is 27.3 Å². The molecule has 0 radical (unpaired) electrons. The summed E-state index contributed by atoms with van der Waals surface area (Å²) in [6, 6.07) is 6.00. The number of aromatic amines is 1. The lowest BCUT2D eigenvalue weighted by Crippen LogP contribution is -2.61. The van der Waals surface area contributed by atoms with Crippen molar-refractivity contribution < 1.29 is 23.9 Å². The van der Waals surface area contributed by atoms with E-state index in [-0.39, 0.29) is 30.9 Å². The fourth-order valence-electron chi connectivity index (χ4n) is 4.87. The van der Waals surface area contributed by atoms with Gasteiger partial charge in [-0.15, -0.1) is 11.3 Å². The molecular formula is C26H29ClN6O5S. The molecule has 2 aliphatic heterocycles. The average molecular weight is 573 g/mol. The second kappa shape index (κ2) is 11.3. The first kappa shape index (κ1) is 27.1. The molecule has 0 saturated carbocycles. The number of thiazole rings is 1. The highest BCUT2D eigenvalue weighted by Crippen LogP contribution is 2.25. The minimum Gasteiger partial charge on any atom is -0.456 e. The third kappa shape index (κ3) is 6.23. The lowest BCUT2D eigenvalue weighted by atomic mass is 9.98. The van der Waals surface area contributed by atoms with Crippen molar-refractivity contribution >= 4 is 57.5 Å². The molecule has 3 amide bonds. The molecule has 1 fully saturated rings. The summed E-state index contributed by atoms with van der Waals surface area (Å²) in [5.74, 6) is -1.60. The number of hydrogen-bond acceptors (Lipinski definition) is 8. The SMILES string of the molecule is CC(=O)OCC(=O)N1CC[C@H](NC(=O)c2cc3cc(Cl)ccc3[nH]2)[C@H](NC(=O)c2nc3c(s2)CN(C)CC3)C1. The van der Waals surface area contributed by atoms with E-state index in [0.717, 1.165) is 41.0 Å². The zero-order chi connectivity index (χ0) is 27.7. The van der Waals surface area contributed by atoms with E-state index in [9.17, 15) is 19.2 Å².